The fourth-order valence-electron chi connectivity index (χ4n) is 3.43. The summed E-state index contributed by atoms with van der Waals surface area (Å²) >= 11 is 3.53. The van der Waals surface area contributed by atoms with Crippen molar-refractivity contribution in [1.29, 1.82) is 0 Å². The number of halogens is 1. The van der Waals surface area contributed by atoms with Crippen LogP contribution < -0.4 is 11.1 Å². The van der Waals surface area contributed by atoms with Crippen LogP contribution in [0.2, 0.25) is 0 Å². The number of carbonyl (C=O) groups excluding carboxylic acids is 1. The molecule has 3 N–H and O–H groups in total. The SMILES string of the molecule is N[C@@H]1CCC[C@H]1CC(=O)NCC1(c2cccc(Br)c2)CC1. The first-order valence-corrected chi connectivity index (χ1v) is 8.67. The summed E-state index contributed by atoms with van der Waals surface area (Å²) in [7, 11) is 0. The Kier molecular flexibility index (Phi) is 4.36. The van der Waals surface area contributed by atoms with Gasteiger partial charge >= 0.3 is 0 Å². The Balaban J connectivity index is 1.54. The summed E-state index contributed by atoms with van der Waals surface area (Å²) in [4.78, 5) is 12.1. The maximum Gasteiger partial charge on any atom is 0.220 e. The van der Waals surface area contributed by atoms with E-state index in [0.29, 0.717) is 12.3 Å². The second kappa shape index (κ2) is 6.09. The van der Waals surface area contributed by atoms with Crippen molar-refractivity contribution in [1.82, 2.24) is 5.32 Å². The summed E-state index contributed by atoms with van der Waals surface area (Å²) in [6, 6.07) is 8.66. The molecule has 2 fully saturated rings. The molecule has 3 rings (SSSR count). The molecule has 1 aromatic carbocycles. The molecular formula is C17H23BrN2O. The number of hydrogen-bond acceptors (Lipinski definition) is 2. The van der Waals surface area contributed by atoms with Gasteiger partial charge in [-0.15, -0.1) is 0 Å². The van der Waals surface area contributed by atoms with E-state index in [1.54, 1.807) is 0 Å². The van der Waals surface area contributed by atoms with Crippen LogP contribution in [0.3, 0.4) is 0 Å². The number of hydrogen-bond donors (Lipinski definition) is 2. The van der Waals surface area contributed by atoms with Crippen molar-refractivity contribution in [2.45, 2.75) is 50.0 Å². The van der Waals surface area contributed by atoms with Crippen LogP contribution in [0.1, 0.15) is 44.1 Å². The first-order chi connectivity index (χ1) is 10.1. The van der Waals surface area contributed by atoms with Crippen LogP contribution in [0, 0.1) is 5.92 Å². The quantitative estimate of drug-likeness (QED) is 0.856. The maximum absolute atomic E-state index is 12.1. The lowest BCUT2D eigenvalue weighted by Gasteiger charge is -2.19. The van der Waals surface area contributed by atoms with Gasteiger partial charge in [-0.3, -0.25) is 4.79 Å². The van der Waals surface area contributed by atoms with E-state index in [4.69, 9.17) is 5.73 Å². The van der Waals surface area contributed by atoms with Crippen molar-refractivity contribution in [3.63, 3.8) is 0 Å². The molecule has 0 bridgehead atoms. The molecule has 0 saturated heterocycles. The van der Waals surface area contributed by atoms with Gasteiger partial charge in [-0.25, -0.2) is 0 Å². The van der Waals surface area contributed by atoms with Crippen LogP contribution in [0.4, 0.5) is 0 Å². The summed E-state index contributed by atoms with van der Waals surface area (Å²) < 4.78 is 1.11. The highest BCUT2D eigenvalue weighted by Crippen LogP contribution is 2.48. The lowest BCUT2D eigenvalue weighted by molar-refractivity contribution is -0.122. The Labute approximate surface area is 134 Å². The molecule has 3 nitrogen and oxygen atoms in total. The molecule has 2 aliphatic rings. The van der Waals surface area contributed by atoms with Gasteiger partial charge < -0.3 is 11.1 Å². The summed E-state index contributed by atoms with van der Waals surface area (Å²) in [6.45, 7) is 0.754. The van der Waals surface area contributed by atoms with Gasteiger partial charge in [0.15, 0.2) is 0 Å². The van der Waals surface area contributed by atoms with E-state index in [0.717, 1.165) is 36.7 Å². The predicted molar refractivity (Wildman–Crippen MR) is 88.0 cm³/mol. The van der Waals surface area contributed by atoms with Crippen molar-refractivity contribution in [3.05, 3.63) is 34.3 Å². The molecule has 2 atom stereocenters. The van der Waals surface area contributed by atoms with E-state index in [9.17, 15) is 4.79 Å². The zero-order valence-corrected chi connectivity index (χ0v) is 13.9. The fourth-order valence-corrected chi connectivity index (χ4v) is 3.83. The molecule has 2 aliphatic carbocycles. The zero-order chi connectivity index (χ0) is 14.9. The Morgan fingerprint density at radius 3 is 2.81 bits per heavy atom. The third kappa shape index (κ3) is 3.49. The molecule has 0 heterocycles. The Morgan fingerprint density at radius 2 is 2.19 bits per heavy atom. The Morgan fingerprint density at radius 1 is 1.38 bits per heavy atom. The average Bonchev–Trinajstić information content (AvgIpc) is 3.16. The Hall–Kier alpha value is -0.870. The topological polar surface area (TPSA) is 55.1 Å². The van der Waals surface area contributed by atoms with Gasteiger partial charge in [0.2, 0.25) is 5.91 Å². The highest BCUT2D eigenvalue weighted by molar-refractivity contribution is 9.10. The highest BCUT2D eigenvalue weighted by atomic mass is 79.9. The van der Waals surface area contributed by atoms with Gasteiger partial charge in [-0.2, -0.15) is 0 Å². The molecule has 21 heavy (non-hydrogen) atoms. The highest BCUT2D eigenvalue weighted by Gasteiger charge is 2.44. The lowest BCUT2D eigenvalue weighted by atomic mass is 9.95. The minimum absolute atomic E-state index is 0.164. The molecule has 0 aliphatic heterocycles. The summed E-state index contributed by atoms with van der Waals surface area (Å²) in [5.41, 5.74) is 7.54. The maximum atomic E-state index is 12.1. The third-order valence-corrected chi connectivity index (χ3v) is 5.57. The minimum atomic E-state index is 0.164. The molecular weight excluding hydrogens is 328 g/mol. The van der Waals surface area contributed by atoms with Gasteiger partial charge in [-0.1, -0.05) is 34.5 Å². The first kappa shape index (κ1) is 15.0. The van der Waals surface area contributed by atoms with E-state index >= 15 is 0 Å². The summed E-state index contributed by atoms with van der Waals surface area (Å²) in [6.07, 6.45) is 6.25. The fraction of sp³-hybridized carbons (Fsp3) is 0.588. The van der Waals surface area contributed by atoms with Gasteiger partial charge in [0, 0.05) is 28.9 Å². The van der Waals surface area contributed by atoms with Gasteiger partial charge in [0.25, 0.3) is 0 Å². The van der Waals surface area contributed by atoms with E-state index < -0.39 is 0 Å². The monoisotopic (exact) mass is 350 g/mol. The average molecular weight is 351 g/mol. The molecule has 1 aromatic rings. The van der Waals surface area contributed by atoms with E-state index in [1.165, 1.54) is 12.0 Å². The van der Waals surface area contributed by atoms with Crippen molar-refractivity contribution in [2.75, 3.05) is 6.54 Å². The summed E-state index contributed by atoms with van der Waals surface area (Å²) in [5.74, 6) is 0.546. The Bertz CT molecular complexity index is 527. The number of nitrogens with two attached hydrogens (primary N) is 1. The van der Waals surface area contributed by atoms with E-state index in [-0.39, 0.29) is 17.4 Å². The number of nitrogens with one attached hydrogen (secondary N) is 1. The predicted octanol–water partition coefficient (Wildman–Crippen LogP) is 3.11. The largest absolute Gasteiger partial charge is 0.355 e. The molecule has 1 amide bonds. The van der Waals surface area contributed by atoms with Crippen LogP contribution in [0.25, 0.3) is 0 Å². The van der Waals surface area contributed by atoms with Crippen LogP contribution in [0.15, 0.2) is 28.7 Å². The van der Waals surface area contributed by atoms with Crippen LogP contribution in [-0.2, 0) is 10.2 Å². The van der Waals surface area contributed by atoms with E-state index in [2.05, 4.69) is 39.4 Å². The molecule has 114 valence electrons. The van der Waals surface area contributed by atoms with Crippen molar-refractivity contribution < 1.29 is 4.79 Å². The second-order valence-corrected chi connectivity index (χ2v) is 7.54. The normalized spacial score (nSPS) is 26.6. The van der Waals surface area contributed by atoms with Gasteiger partial charge in [0.1, 0.15) is 0 Å². The van der Waals surface area contributed by atoms with Crippen molar-refractivity contribution >= 4 is 21.8 Å². The minimum Gasteiger partial charge on any atom is -0.355 e. The summed E-state index contributed by atoms with van der Waals surface area (Å²) in [5, 5.41) is 3.14. The smallest absolute Gasteiger partial charge is 0.220 e. The van der Waals surface area contributed by atoms with Gasteiger partial charge in [0.05, 0.1) is 0 Å². The van der Waals surface area contributed by atoms with E-state index in [1.807, 2.05) is 6.07 Å². The molecule has 0 spiro atoms. The van der Waals surface area contributed by atoms with Crippen LogP contribution in [0.5, 0.6) is 0 Å². The molecule has 4 heteroatoms. The zero-order valence-electron chi connectivity index (χ0n) is 12.3. The van der Waals surface area contributed by atoms with Crippen molar-refractivity contribution in [3.8, 4) is 0 Å². The number of amides is 1. The number of carbonyl (C=O) groups is 1. The van der Waals surface area contributed by atoms with Crippen LogP contribution >= 0.6 is 15.9 Å². The number of rotatable bonds is 5. The molecule has 2 saturated carbocycles. The number of benzene rings is 1. The molecule has 0 aromatic heterocycles. The first-order valence-electron chi connectivity index (χ1n) is 7.87. The van der Waals surface area contributed by atoms with Gasteiger partial charge in [-0.05, 0) is 49.3 Å². The molecule has 0 unspecified atom stereocenters. The molecule has 0 radical (unpaired) electrons. The second-order valence-electron chi connectivity index (χ2n) is 6.63. The lowest BCUT2D eigenvalue weighted by Crippen LogP contribution is -2.35. The van der Waals surface area contributed by atoms with Crippen LogP contribution in [-0.4, -0.2) is 18.5 Å². The van der Waals surface area contributed by atoms with Crippen molar-refractivity contribution in [2.24, 2.45) is 11.7 Å². The third-order valence-electron chi connectivity index (χ3n) is 5.08. The standard InChI is InChI=1S/C17H23BrN2O/c18-14-5-2-4-13(10-14)17(7-8-17)11-20-16(21)9-12-3-1-6-15(12)19/h2,4-5,10,12,15H,1,3,6-9,11,19H2,(H,20,21)/t12-,15+/m0/s1.